The van der Waals surface area contributed by atoms with Gasteiger partial charge in [0, 0.05) is 30.7 Å². The summed E-state index contributed by atoms with van der Waals surface area (Å²) in [5.74, 6) is 0.289. The molecule has 8 nitrogen and oxygen atoms in total. The van der Waals surface area contributed by atoms with Gasteiger partial charge < -0.3 is 10.2 Å². The summed E-state index contributed by atoms with van der Waals surface area (Å²) in [5.41, 5.74) is 4.20. The highest BCUT2D eigenvalue weighted by molar-refractivity contribution is 6.07. The third-order valence-corrected chi connectivity index (χ3v) is 5.75. The Hall–Kier alpha value is -3.00. The van der Waals surface area contributed by atoms with Crippen LogP contribution in [0.3, 0.4) is 0 Å². The lowest BCUT2D eigenvalue weighted by Crippen LogP contribution is -2.38. The highest BCUT2D eigenvalue weighted by atomic mass is 16.2. The van der Waals surface area contributed by atoms with Crippen LogP contribution >= 0.6 is 0 Å². The second kappa shape index (κ2) is 7.79. The normalized spacial score (nSPS) is 15.9. The molecular formula is C21H25N7O. The zero-order chi connectivity index (χ0) is 19.6. The van der Waals surface area contributed by atoms with Gasteiger partial charge in [-0.3, -0.25) is 19.6 Å². The minimum Gasteiger partial charge on any atom is -0.304 e. The molecule has 150 valence electrons. The van der Waals surface area contributed by atoms with Crippen LogP contribution in [0.2, 0.25) is 0 Å². The summed E-state index contributed by atoms with van der Waals surface area (Å²) >= 11 is 0. The number of fused-ring (bicyclic) bond motifs is 3. The van der Waals surface area contributed by atoms with E-state index in [0.717, 1.165) is 61.3 Å². The molecule has 0 spiro atoms. The average molecular weight is 391 g/mol. The number of nitrogens with zero attached hydrogens (tertiary/aromatic N) is 5. The predicted octanol–water partition coefficient (Wildman–Crippen LogP) is 2.51. The molecule has 1 saturated heterocycles. The number of carbonyl (C=O) groups is 1. The van der Waals surface area contributed by atoms with Crippen molar-refractivity contribution < 1.29 is 4.79 Å². The first-order valence-corrected chi connectivity index (χ1v) is 10.4. The molecule has 29 heavy (non-hydrogen) atoms. The van der Waals surface area contributed by atoms with Crippen molar-refractivity contribution in [1.29, 1.82) is 0 Å². The van der Waals surface area contributed by atoms with E-state index in [4.69, 9.17) is 0 Å². The maximum atomic E-state index is 13.0. The van der Waals surface area contributed by atoms with Crippen LogP contribution < -0.4 is 5.32 Å². The fourth-order valence-corrected chi connectivity index (χ4v) is 4.09. The summed E-state index contributed by atoms with van der Waals surface area (Å²) in [6.45, 7) is 4.38. The van der Waals surface area contributed by atoms with Crippen molar-refractivity contribution in [3.8, 4) is 11.3 Å². The molecule has 0 unspecified atom stereocenters. The predicted molar refractivity (Wildman–Crippen MR) is 110 cm³/mol. The Morgan fingerprint density at radius 1 is 1.17 bits per heavy atom. The van der Waals surface area contributed by atoms with Crippen molar-refractivity contribution in [2.24, 2.45) is 0 Å². The van der Waals surface area contributed by atoms with Gasteiger partial charge in [-0.2, -0.15) is 10.2 Å². The van der Waals surface area contributed by atoms with Crippen molar-refractivity contribution in [1.82, 2.24) is 29.9 Å². The average Bonchev–Trinajstić information content (AvgIpc) is 3.27. The lowest BCUT2D eigenvalue weighted by Gasteiger charge is -2.30. The fourth-order valence-electron chi connectivity index (χ4n) is 4.09. The molecule has 0 bridgehead atoms. The van der Waals surface area contributed by atoms with Crippen molar-refractivity contribution in [3.63, 3.8) is 0 Å². The molecule has 1 amide bonds. The highest BCUT2D eigenvalue weighted by Crippen LogP contribution is 2.32. The van der Waals surface area contributed by atoms with Gasteiger partial charge in [0.15, 0.2) is 11.5 Å². The van der Waals surface area contributed by atoms with Crippen molar-refractivity contribution in [3.05, 3.63) is 47.5 Å². The van der Waals surface area contributed by atoms with Gasteiger partial charge in [0.05, 0.1) is 11.3 Å². The minimum absolute atomic E-state index is 0.258. The van der Waals surface area contributed by atoms with Crippen LogP contribution in [0.5, 0.6) is 0 Å². The number of aryl methyl sites for hydroxylation is 3. The van der Waals surface area contributed by atoms with Gasteiger partial charge in [-0.15, -0.1) is 0 Å². The number of nitrogens with one attached hydrogen (secondary N) is 2. The van der Waals surface area contributed by atoms with E-state index in [1.54, 1.807) is 6.20 Å². The number of aromatic amines is 1. The molecule has 2 aliphatic rings. The largest absolute Gasteiger partial charge is 0.304 e. The topological polar surface area (TPSA) is 91.7 Å². The number of pyridine rings is 1. The number of aromatic nitrogens is 5. The summed E-state index contributed by atoms with van der Waals surface area (Å²) < 4.78 is 1.89. The van der Waals surface area contributed by atoms with Gasteiger partial charge >= 0.3 is 0 Å². The van der Waals surface area contributed by atoms with E-state index in [2.05, 4.69) is 36.6 Å². The molecular weight excluding hydrogens is 366 g/mol. The van der Waals surface area contributed by atoms with Gasteiger partial charge in [-0.1, -0.05) is 6.07 Å². The van der Waals surface area contributed by atoms with Crippen LogP contribution in [0.1, 0.15) is 41.0 Å². The first kappa shape index (κ1) is 18.1. The Morgan fingerprint density at radius 2 is 2.10 bits per heavy atom. The van der Waals surface area contributed by atoms with E-state index < -0.39 is 0 Å². The van der Waals surface area contributed by atoms with Crippen molar-refractivity contribution in [2.75, 3.05) is 25.0 Å². The van der Waals surface area contributed by atoms with Gasteiger partial charge in [-0.05, 0) is 63.4 Å². The molecule has 1 fully saturated rings. The third-order valence-electron chi connectivity index (χ3n) is 5.75. The van der Waals surface area contributed by atoms with E-state index in [9.17, 15) is 4.79 Å². The summed E-state index contributed by atoms with van der Waals surface area (Å²) in [7, 11) is 0. The molecule has 0 saturated carbocycles. The monoisotopic (exact) mass is 391 g/mol. The molecule has 3 aromatic heterocycles. The van der Waals surface area contributed by atoms with E-state index in [0.29, 0.717) is 11.5 Å². The molecule has 0 atom stereocenters. The number of anilines is 1. The lowest BCUT2D eigenvalue weighted by molar-refractivity contribution is 0.102. The zero-order valence-electron chi connectivity index (χ0n) is 16.4. The standard InChI is InChI=1S/C21H25N7O/c29-21(23-17-8-14-28(26-17)13-4-12-27-10-3-11-27)20-18-16(24-25-20)7-1-5-15-6-2-9-22-19(15)18/h2,6,8-9,14H,1,3-5,7,10-13H2,(H,24,25)(H,23,26,29). The Labute approximate surface area is 169 Å². The fraction of sp³-hybridized carbons (Fsp3) is 0.429. The van der Waals surface area contributed by atoms with Gasteiger partial charge in [0.1, 0.15) is 0 Å². The number of hydrogen-bond acceptors (Lipinski definition) is 5. The second-order valence-electron chi connectivity index (χ2n) is 7.76. The molecule has 1 aliphatic carbocycles. The van der Waals surface area contributed by atoms with Gasteiger partial charge in [-0.25, -0.2) is 0 Å². The van der Waals surface area contributed by atoms with Crippen LogP contribution in [-0.4, -0.2) is 55.4 Å². The number of hydrogen-bond donors (Lipinski definition) is 2. The first-order valence-electron chi connectivity index (χ1n) is 10.4. The van der Waals surface area contributed by atoms with E-state index in [1.165, 1.54) is 19.5 Å². The molecule has 4 heterocycles. The molecule has 3 aromatic rings. The molecule has 1 aliphatic heterocycles. The Balaban J connectivity index is 1.30. The summed E-state index contributed by atoms with van der Waals surface area (Å²) in [6.07, 6.45) is 8.88. The van der Waals surface area contributed by atoms with Crippen LogP contribution in [-0.2, 0) is 19.4 Å². The number of carbonyl (C=O) groups excluding carboxylic acids is 1. The number of likely N-dealkylation sites (tertiary alicyclic amines) is 1. The maximum Gasteiger partial charge on any atom is 0.278 e. The Morgan fingerprint density at radius 3 is 2.97 bits per heavy atom. The number of rotatable bonds is 6. The van der Waals surface area contributed by atoms with E-state index >= 15 is 0 Å². The second-order valence-corrected chi connectivity index (χ2v) is 7.76. The smallest absolute Gasteiger partial charge is 0.278 e. The zero-order valence-corrected chi connectivity index (χ0v) is 16.4. The minimum atomic E-state index is -0.258. The Bertz CT molecular complexity index is 1020. The molecule has 0 aromatic carbocycles. The number of H-pyrrole nitrogens is 1. The van der Waals surface area contributed by atoms with Crippen LogP contribution in [0.15, 0.2) is 30.6 Å². The first-order chi connectivity index (χ1) is 14.3. The quantitative estimate of drug-likeness (QED) is 0.674. The number of amides is 1. The molecule has 0 radical (unpaired) electrons. The lowest BCUT2D eigenvalue weighted by atomic mass is 10.0. The van der Waals surface area contributed by atoms with E-state index in [1.807, 2.05) is 23.0 Å². The summed E-state index contributed by atoms with van der Waals surface area (Å²) in [4.78, 5) is 19.9. The van der Waals surface area contributed by atoms with Gasteiger partial charge in [0.25, 0.3) is 5.91 Å². The van der Waals surface area contributed by atoms with Crippen molar-refractivity contribution >= 4 is 11.7 Å². The maximum absolute atomic E-state index is 13.0. The molecule has 8 heteroatoms. The van der Waals surface area contributed by atoms with E-state index in [-0.39, 0.29) is 5.91 Å². The Kier molecular flexibility index (Phi) is 4.85. The summed E-state index contributed by atoms with van der Waals surface area (Å²) in [5, 5.41) is 14.7. The molecule has 2 N–H and O–H groups in total. The van der Waals surface area contributed by atoms with Crippen LogP contribution in [0.25, 0.3) is 11.3 Å². The van der Waals surface area contributed by atoms with Gasteiger partial charge in [0.2, 0.25) is 0 Å². The van der Waals surface area contributed by atoms with Crippen LogP contribution in [0, 0.1) is 0 Å². The highest BCUT2D eigenvalue weighted by Gasteiger charge is 2.26. The third kappa shape index (κ3) is 3.67. The van der Waals surface area contributed by atoms with Crippen molar-refractivity contribution in [2.45, 2.75) is 38.6 Å². The summed E-state index contributed by atoms with van der Waals surface area (Å²) in [6, 6.07) is 5.85. The molecule has 5 rings (SSSR count). The van der Waals surface area contributed by atoms with Crippen LogP contribution in [0.4, 0.5) is 5.82 Å². The SMILES string of the molecule is O=C(Nc1ccn(CCCN2CCC2)n1)c1n[nH]c2c1-c1ncccc1CCC2.